The molecule has 4 aliphatic rings. The number of ketones is 3. The van der Waals surface area contributed by atoms with Crippen molar-refractivity contribution in [3.8, 4) is 5.75 Å². The molecule has 8 heteroatoms. The Kier molecular flexibility index (Phi) is 5.97. The summed E-state index contributed by atoms with van der Waals surface area (Å²) < 4.78 is 5.44. The zero-order chi connectivity index (χ0) is 27.9. The molecule has 4 atom stereocenters. The summed E-state index contributed by atoms with van der Waals surface area (Å²) in [4.78, 5) is 40.3. The molecule has 38 heavy (non-hydrogen) atoms. The highest BCUT2D eigenvalue weighted by atomic mass is 16.5. The van der Waals surface area contributed by atoms with Gasteiger partial charge in [0.1, 0.15) is 22.8 Å². The first-order chi connectivity index (χ1) is 17.7. The lowest BCUT2D eigenvalue weighted by Gasteiger charge is -2.59. The number of aliphatic hydroxyl groups excluding tert-OH is 2. The van der Waals surface area contributed by atoms with Crippen LogP contribution in [0, 0.1) is 22.7 Å². The van der Waals surface area contributed by atoms with E-state index >= 15 is 0 Å². The zero-order valence-electron chi connectivity index (χ0n) is 22.6. The summed E-state index contributed by atoms with van der Waals surface area (Å²) >= 11 is 0. The number of fused-ring (bicyclic) bond motifs is 3. The van der Waals surface area contributed by atoms with Gasteiger partial charge in [-0.2, -0.15) is 0 Å². The van der Waals surface area contributed by atoms with E-state index in [9.17, 15) is 34.8 Å². The second kappa shape index (κ2) is 8.52. The minimum Gasteiger partial charge on any atom is -0.508 e. The van der Waals surface area contributed by atoms with Gasteiger partial charge in [0.05, 0.1) is 5.56 Å². The molecule has 1 aromatic rings. The van der Waals surface area contributed by atoms with Crippen molar-refractivity contribution in [3.63, 3.8) is 0 Å². The van der Waals surface area contributed by atoms with Crippen LogP contribution in [0.4, 0.5) is 0 Å². The van der Waals surface area contributed by atoms with Gasteiger partial charge in [0.15, 0.2) is 17.2 Å². The minimum absolute atomic E-state index is 0.0379. The van der Waals surface area contributed by atoms with Crippen molar-refractivity contribution < 1.29 is 39.5 Å². The topological polar surface area (TPSA) is 141 Å². The zero-order valence-corrected chi connectivity index (χ0v) is 22.6. The van der Waals surface area contributed by atoms with Gasteiger partial charge in [-0.1, -0.05) is 39.8 Å². The third kappa shape index (κ3) is 3.26. The van der Waals surface area contributed by atoms with E-state index in [-0.39, 0.29) is 41.6 Å². The lowest BCUT2D eigenvalue weighted by Crippen LogP contribution is -2.69. The minimum atomic E-state index is -2.59. The molecule has 204 valence electrons. The molecule has 0 bridgehead atoms. The normalized spacial score (nSPS) is 33.8. The maximum Gasteiger partial charge on any atom is 0.203 e. The molecule has 3 aliphatic carbocycles. The Hall–Kier alpha value is -2.97. The lowest BCUT2D eigenvalue weighted by atomic mass is 9.43. The number of hydrogen-bond acceptors (Lipinski definition) is 8. The Morgan fingerprint density at radius 3 is 2.29 bits per heavy atom. The number of phenolic OH excluding ortho intramolecular Hbond substituents is 1. The molecule has 1 saturated carbocycles. The van der Waals surface area contributed by atoms with Gasteiger partial charge >= 0.3 is 0 Å². The predicted molar refractivity (Wildman–Crippen MR) is 139 cm³/mol. The summed E-state index contributed by atoms with van der Waals surface area (Å²) in [5, 5.41) is 46.3. The van der Waals surface area contributed by atoms with Crippen LogP contribution < -0.4 is 0 Å². The van der Waals surface area contributed by atoms with Crippen molar-refractivity contribution in [2.45, 2.75) is 71.8 Å². The first-order valence-corrected chi connectivity index (χ1v) is 13.3. The van der Waals surface area contributed by atoms with Crippen molar-refractivity contribution in [2.24, 2.45) is 22.7 Å². The van der Waals surface area contributed by atoms with Crippen LogP contribution in [0.25, 0.3) is 5.76 Å². The molecule has 0 radical (unpaired) electrons. The van der Waals surface area contributed by atoms with E-state index in [1.807, 2.05) is 12.1 Å². The molecule has 4 N–H and O–H groups in total. The Morgan fingerprint density at radius 1 is 1.08 bits per heavy atom. The van der Waals surface area contributed by atoms with Crippen LogP contribution in [0.5, 0.6) is 5.75 Å². The van der Waals surface area contributed by atoms with E-state index in [4.69, 9.17) is 4.74 Å². The van der Waals surface area contributed by atoms with Crippen molar-refractivity contribution in [3.05, 3.63) is 45.7 Å². The quantitative estimate of drug-likeness (QED) is 0.434. The van der Waals surface area contributed by atoms with Gasteiger partial charge < -0.3 is 25.2 Å². The number of aliphatic hydroxyl groups is 3. The monoisotopic (exact) mass is 524 g/mol. The van der Waals surface area contributed by atoms with E-state index < -0.39 is 56.8 Å². The Morgan fingerprint density at radius 2 is 1.71 bits per heavy atom. The summed E-state index contributed by atoms with van der Waals surface area (Å²) in [5.41, 5.74) is -4.22. The van der Waals surface area contributed by atoms with Gasteiger partial charge in [0.2, 0.25) is 5.78 Å². The summed E-state index contributed by atoms with van der Waals surface area (Å²) in [7, 11) is 0. The van der Waals surface area contributed by atoms with E-state index in [2.05, 4.69) is 0 Å². The molecule has 2 fully saturated rings. The lowest BCUT2D eigenvalue weighted by molar-refractivity contribution is -0.178. The maximum atomic E-state index is 14.3. The fourth-order valence-electron chi connectivity index (χ4n) is 8.06. The molecular formula is C30H36O8. The van der Waals surface area contributed by atoms with Crippen LogP contribution in [-0.4, -0.2) is 56.6 Å². The SMILES string of the molecule is CC(=O)C1=C(O)[C@]2(O)C(=O)C3=C(O)c4c(ccc(C5CCOCC5)c4O)C[C@]3(C)C[C@]2(C)C(C(C)C)C1=O. The summed E-state index contributed by atoms with van der Waals surface area (Å²) in [5.74, 6) is -4.98. The Labute approximate surface area is 222 Å². The van der Waals surface area contributed by atoms with E-state index in [1.165, 1.54) is 0 Å². The molecule has 0 amide bonds. The molecule has 8 nitrogen and oxygen atoms in total. The van der Waals surface area contributed by atoms with Gasteiger partial charge in [-0.05, 0) is 55.6 Å². The Balaban J connectivity index is 1.75. The number of aromatic hydroxyl groups is 1. The first-order valence-electron chi connectivity index (χ1n) is 13.3. The number of hydrogen-bond donors (Lipinski definition) is 4. The molecule has 0 aromatic heterocycles. The fraction of sp³-hybridized carbons (Fsp3) is 0.567. The van der Waals surface area contributed by atoms with E-state index in [1.54, 1.807) is 27.7 Å². The summed E-state index contributed by atoms with van der Waals surface area (Å²) in [6, 6.07) is 3.73. The highest BCUT2D eigenvalue weighted by molar-refractivity contribution is 6.24. The average molecular weight is 525 g/mol. The number of Topliss-reactive ketones (excluding diaryl/α,β-unsaturated/α-hetero) is 3. The highest BCUT2D eigenvalue weighted by Gasteiger charge is 2.72. The van der Waals surface area contributed by atoms with Crippen molar-refractivity contribution >= 4 is 23.1 Å². The van der Waals surface area contributed by atoms with Gasteiger partial charge in [0.25, 0.3) is 0 Å². The molecule has 1 aromatic carbocycles. The van der Waals surface area contributed by atoms with Gasteiger partial charge in [-0.25, -0.2) is 0 Å². The first kappa shape index (κ1) is 26.6. The highest BCUT2D eigenvalue weighted by Crippen LogP contribution is 2.65. The summed E-state index contributed by atoms with van der Waals surface area (Å²) in [6.07, 6.45) is 1.81. The van der Waals surface area contributed by atoms with Gasteiger partial charge in [-0.3, -0.25) is 14.4 Å². The Bertz CT molecular complexity index is 1330. The fourth-order valence-corrected chi connectivity index (χ4v) is 8.06. The van der Waals surface area contributed by atoms with Crippen molar-refractivity contribution in [2.75, 3.05) is 13.2 Å². The standard InChI is InChI=1S/C30H36O8/c1-14(2)21-24(33)19(15(3)31)26(35)30(37)27(36)22-25(34)20-17(12-28(22,4)13-29(21,30)5)6-7-18(23(20)32)16-8-10-38-11-9-16/h6-7,14,16,21,32,34-35,37H,8-13H2,1-5H3/t21?,28-,29-,30+/m1/s1. The molecular weight excluding hydrogens is 488 g/mol. The van der Waals surface area contributed by atoms with Gasteiger partial charge in [0, 0.05) is 35.5 Å². The summed E-state index contributed by atoms with van der Waals surface area (Å²) in [6.45, 7) is 9.24. The van der Waals surface area contributed by atoms with Crippen LogP contribution in [0.1, 0.15) is 76.5 Å². The molecule has 1 saturated heterocycles. The number of ether oxygens (including phenoxy) is 1. The largest absolute Gasteiger partial charge is 0.508 e. The maximum absolute atomic E-state index is 14.3. The predicted octanol–water partition coefficient (Wildman–Crippen LogP) is 4.08. The molecule has 1 unspecified atom stereocenters. The van der Waals surface area contributed by atoms with Crippen LogP contribution in [0.3, 0.4) is 0 Å². The van der Waals surface area contributed by atoms with Crippen LogP contribution >= 0.6 is 0 Å². The van der Waals surface area contributed by atoms with Crippen LogP contribution in [-0.2, 0) is 25.5 Å². The number of carbonyl (C=O) groups excluding carboxylic acids is 3. The smallest absolute Gasteiger partial charge is 0.203 e. The second-order valence-corrected chi connectivity index (χ2v) is 12.4. The third-order valence-corrected chi connectivity index (χ3v) is 9.57. The number of carbonyl (C=O) groups is 3. The van der Waals surface area contributed by atoms with E-state index in [0.29, 0.717) is 24.3 Å². The van der Waals surface area contributed by atoms with Gasteiger partial charge in [-0.15, -0.1) is 0 Å². The number of rotatable bonds is 3. The van der Waals surface area contributed by atoms with E-state index in [0.717, 1.165) is 19.8 Å². The molecule has 1 aliphatic heterocycles. The molecule has 1 heterocycles. The second-order valence-electron chi connectivity index (χ2n) is 12.4. The molecule has 5 rings (SSSR count). The van der Waals surface area contributed by atoms with Crippen molar-refractivity contribution in [1.29, 1.82) is 0 Å². The van der Waals surface area contributed by atoms with Crippen LogP contribution in [0.15, 0.2) is 29.0 Å². The number of benzene rings is 1. The van der Waals surface area contributed by atoms with Crippen molar-refractivity contribution in [1.82, 2.24) is 0 Å². The average Bonchev–Trinajstić information content (AvgIpc) is 2.81. The molecule has 0 spiro atoms. The van der Waals surface area contributed by atoms with Crippen LogP contribution in [0.2, 0.25) is 0 Å². The number of phenols is 1. The number of allylic oxidation sites excluding steroid dienone is 1. The third-order valence-electron chi connectivity index (χ3n) is 9.57.